The molecule has 0 fully saturated rings. The summed E-state index contributed by atoms with van der Waals surface area (Å²) in [7, 11) is -3.87. The minimum Gasteiger partial charge on any atom is -0.493 e. The third-order valence-electron chi connectivity index (χ3n) is 4.18. The number of anilines is 1. The van der Waals surface area contributed by atoms with E-state index < -0.39 is 16.0 Å². The van der Waals surface area contributed by atoms with E-state index >= 15 is 0 Å². The van der Waals surface area contributed by atoms with E-state index in [1.54, 1.807) is 19.1 Å². The Morgan fingerprint density at radius 1 is 1.28 bits per heavy atom. The third-order valence-corrected chi connectivity index (χ3v) is 6.11. The number of hydrogen-bond donors (Lipinski definition) is 1. The molecule has 6 nitrogen and oxygen atoms in total. The molecule has 132 valence electrons. The number of sulfonamides is 1. The van der Waals surface area contributed by atoms with Crippen LogP contribution in [0.3, 0.4) is 0 Å². The van der Waals surface area contributed by atoms with Gasteiger partial charge in [0.2, 0.25) is 0 Å². The van der Waals surface area contributed by atoms with Gasteiger partial charge in [-0.2, -0.15) is 0 Å². The zero-order valence-electron chi connectivity index (χ0n) is 14.0. The number of nitrogens with zero attached hydrogens (tertiary/aromatic N) is 1. The van der Waals surface area contributed by atoms with Crippen LogP contribution >= 0.6 is 0 Å². The Labute approximate surface area is 146 Å². The van der Waals surface area contributed by atoms with Crippen LogP contribution in [0.2, 0.25) is 0 Å². The maximum atomic E-state index is 13.1. The van der Waals surface area contributed by atoms with Crippen molar-refractivity contribution >= 4 is 21.7 Å². The maximum Gasteiger partial charge on any atom is 0.339 e. The Bertz CT molecular complexity index is 923. The van der Waals surface area contributed by atoms with Gasteiger partial charge in [-0.3, -0.25) is 4.31 Å². The summed E-state index contributed by atoms with van der Waals surface area (Å²) in [4.78, 5) is 11.4. The molecule has 0 aromatic heterocycles. The van der Waals surface area contributed by atoms with Crippen LogP contribution in [0, 0.1) is 0 Å². The molecule has 0 bridgehead atoms. The van der Waals surface area contributed by atoms with Crippen LogP contribution in [0.25, 0.3) is 0 Å². The van der Waals surface area contributed by atoms with Gasteiger partial charge in [0.25, 0.3) is 10.0 Å². The summed E-state index contributed by atoms with van der Waals surface area (Å²) < 4.78 is 32.9. The molecule has 3 rings (SSSR count). The number of carbonyl (C=O) groups is 1. The number of aromatic carboxylic acids is 1. The van der Waals surface area contributed by atoms with Crippen LogP contribution < -0.4 is 9.04 Å². The highest BCUT2D eigenvalue weighted by atomic mass is 32.2. The van der Waals surface area contributed by atoms with Crippen LogP contribution in [-0.4, -0.2) is 32.1 Å². The van der Waals surface area contributed by atoms with Crippen LogP contribution in [0.15, 0.2) is 47.4 Å². The van der Waals surface area contributed by atoms with Crippen LogP contribution in [0.5, 0.6) is 5.75 Å². The summed E-state index contributed by atoms with van der Waals surface area (Å²) >= 11 is 0. The zero-order valence-corrected chi connectivity index (χ0v) is 14.8. The molecule has 0 radical (unpaired) electrons. The van der Waals surface area contributed by atoms with Crippen molar-refractivity contribution in [3.63, 3.8) is 0 Å². The normalized spacial score (nSPS) is 16.6. The fraction of sp³-hybridized carbons (Fsp3) is 0.278. The number of carboxylic acid groups (broad SMARTS) is 1. The van der Waals surface area contributed by atoms with E-state index in [0.717, 1.165) is 11.6 Å². The van der Waals surface area contributed by atoms with E-state index in [1.165, 1.54) is 16.4 Å². The lowest BCUT2D eigenvalue weighted by Gasteiger charge is -2.24. The third kappa shape index (κ3) is 2.95. The molecule has 1 N–H and O–H groups in total. The molecule has 0 amide bonds. The Kier molecular flexibility index (Phi) is 4.43. The second-order valence-corrected chi connectivity index (χ2v) is 7.69. The number of rotatable bonds is 5. The molecule has 2 aromatic carbocycles. The van der Waals surface area contributed by atoms with E-state index in [-0.39, 0.29) is 22.3 Å². The average Bonchev–Trinajstić information content (AvgIpc) is 2.91. The van der Waals surface area contributed by atoms with Crippen LogP contribution in [0.1, 0.15) is 29.8 Å². The highest BCUT2D eigenvalue weighted by Crippen LogP contribution is 2.37. The molecule has 1 heterocycles. The number of hydrogen-bond acceptors (Lipinski definition) is 4. The van der Waals surface area contributed by atoms with Crippen molar-refractivity contribution in [1.82, 2.24) is 0 Å². The Hall–Kier alpha value is -2.54. The summed E-state index contributed by atoms with van der Waals surface area (Å²) in [6.45, 7) is 3.87. The molecule has 0 spiro atoms. The van der Waals surface area contributed by atoms with Crippen molar-refractivity contribution in [1.29, 1.82) is 0 Å². The highest BCUT2D eigenvalue weighted by Gasteiger charge is 2.36. The van der Waals surface area contributed by atoms with E-state index in [4.69, 9.17) is 4.74 Å². The molecule has 0 unspecified atom stereocenters. The largest absolute Gasteiger partial charge is 0.493 e. The SMILES string of the molecule is CCOc1ccc(S(=O)(=O)N2c3ccccc3C[C@H]2C)cc1C(=O)O. The van der Waals surface area contributed by atoms with Crippen molar-refractivity contribution in [3.8, 4) is 5.75 Å². The molecule has 25 heavy (non-hydrogen) atoms. The van der Waals surface area contributed by atoms with E-state index in [0.29, 0.717) is 18.7 Å². The van der Waals surface area contributed by atoms with Crippen LogP contribution in [0.4, 0.5) is 5.69 Å². The summed E-state index contributed by atoms with van der Waals surface area (Å²) in [5.74, 6) is -1.07. The fourth-order valence-electron chi connectivity index (χ4n) is 3.14. The number of carboxylic acids is 1. The lowest BCUT2D eigenvalue weighted by atomic mass is 10.1. The van der Waals surface area contributed by atoms with Crippen LogP contribution in [-0.2, 0) is 16.4 Å². The maximum absolute atomic E-state index is 13.1. The van der Waals surface area contributed by atoms with Gasteiger partial charge in [0.05, 0.1) is 17.2 Å². The first-order valence-electron chi connectivity index (χ1n) is 7.98. The van der Waals surface area contributed by atoms with E-state index in [2.05, 4.69) is 0 Å². The summed E-state index contributed by atoms with van der Waals surface area (Å²) in [6, 6.07) is 11.1. The molecule has 0 saturated carbocycles. The Balaban J connectivity index is 2.09. The van der Waals surface area contributed by atoms with Crippen molar-refractivity contribution < 1.29 is 23.1 Å². The summed E-state index contributed by atoms with van der Waals surface area (Å²) in [5, 5.41) is 9.37. The van der Waals surface area contributed by atoms with Gasteiger partial charge in [-0.25, -0.2) is 13.2 Å². The molecular formula is C18H19NO5S. The van der Waals surface area contributed by atoms with Crippen molar-refractivity contribution in [2.24, 2.45) is 0 Å². The smallest absolute Gasteiger partial charge is 0.339 e. The molecule has 0 saturated heterocycles. The first-order valence-corrected chi connectivity index (χ1v) is 9.42. The van der Waals surface area contributed by atoms with Gasteiger partial charge < -0.3 is 9.84 Å². The monoisotopic (exact) mass is 361 g/mol. The Morgan fingerprint density at radius 2 is 2.00 bits per heavy atom. The highest BCUT2D eigenvalue weighted by molar-refractivity contribution is 7.92. The number of ether oxygens (including phenoxy) is 1. The summed E-state index contributed by atoms with van der Waals surface area (Å²) in [6.07, 6.45) is 0.623. The predicted molar refractivity (Wildman–Crippen MR) is 93.8 cm³/mol. The number of para-hydroxylation sites is 1. The van der Waals surface area contributed by atoms with Gasteiger partial charge in [-0.05, 0) is 50.1 Å². The van der Waals surface area contributed by atoms with E-state index in [9.17, 15) is 18.3 Å². The van der Waals surface area contributed by atoms with E-state index in [1.807, 2.05) is 19.1 Å². The minimum atomic E-state index is -3.87. The predicted octanol–water partition coefficient (Wildman–Crippen LogP) is 2.92. The number of fused-ring (bicyclic) bond motifs is 1. The fourth-order valence-corrected chi connectivity index (χ4v) is 4.85. The average molecular weight is 361 g/mol. The molecule has 2 aromatic rings. The molecule has 1 aliphatic rings. The number of benzene rings is 2. The van der Waals surface area contributed by atoms with Crippen molar-refractivity contribution in [3.05, 3.63) is 53.6 Å². The van der Waals surface area contributed by atoms with Gasteiger partial charge in [0.1, 0.15) is 11.3 Å². The van der Waals surface area contributed by atoms with Crippen molar-refractivity contribution in [2.45, 2.75) is 31.2 Å². The van der Waals surface area contributed by atoms with Gasteiger partial charge in [-0.15, -0.1) is 0 Å². The first-order chi connectivity index (χ1) is 11.9. The van der Waals surface area contributed by atoms with Gasteiger partial charge in [0, 0.05) is 6.04 Å². The van der Waals surface area contributed by atoms with Gasteiger partial charge in [-0.1, -0.05) is 18.2 Å². The summed E-state index contributed by atoms with van der Waals surface area (Å²) in [5.41, 5.74) is 1.44. The van der Waals surface area contributed by atoms with Gasteiger partial charge >= 0.3 is 5.97 Å². The standard InChI is InChI=1S/C18H19NO5S/c1-3-24-17-9-8-14(11-15(17)18(20)21)25(22,23)19-12(2)10-13-6-4-5-7-16(13)19/h4-9,11-12H,3,10H2,1-2H3,(H,20,21)/t12-/m1/s1. The molecule has 1 aliphatic heterocycles. The topological polar surface area (TPSA) is 83.9 Å². The molecule has 0 aliphatic carbocycles. The second kappa shape index (κ2) is 6.40. The second-order valence-electron chi connectivity index (χ2n) is 5.88. The lowest BCUT2D eigenvalue weighted by Crippen LogP contribution is -2.35. The molecular weight excluding hydrogens is 342 g/mol. The zero-order chi connectivity index (χ0) is 18.2. The quantitative estimate of drug-likeness (QED) is 0.885. The minimum absolute atomic E-state index is 0.0584. The molecule has 7 heteroatoms. The lowest BCUT2D eigenvalue weighted by molar-refractivity contribution is 0.0692. The Morgan fingerprint density at radius 3 is 2.68 bits per heavy atom. The first kappa shape index (κ1) is 17.3. The van der Waals surface area contributed by atoms with Gasteiger partial charge in [0.15, 0.2) is 0 Å². The van der Waals surface area contributed by atoms with Crippen molar-refractivity contribution in [2.75, 3.05) is 10.9 Å². The molecule has 1 atom stereocenters.